The molecule has 114 valence electrons. The van der Waals surface area contributed by atoms with Gasteiger partial charge in [0.05, 0.1) is 5.69 Å². The summed E-state index contributed by atoms with van der Waals surface area (Å²) in [6.45, 7) is 13.4. The summed E-state index contributed by atoms with van der Waals surface area (Å²) in [5.41, 5.74) is 1.42. The Labute approximate surface area is 127 Å². The van der Waals surface area contributed by atoms with Gasteiger partial charge in [0.25, 0.3) is 0 Å². The van der Waals surface area contributed by atoms with Gasteiger partial charge in [-0.2, -0.15) is 0 Å². The minimum atomic E-state index is 0.133. The Kier molecular flexibility index (Phi) is 5.44. The highest BCUT2D eigenvalue weighted by molar-refractivity contribution is 7.15. The van der Waals surface area contributed by atoms with E-state index in [4.69, 9.17) is 4.98 Å². The molecule has 4 heteroatoms. The lowest BCUT2D eigenvalue weighted by atomic mass is 9.91. The Morgan fingerprint density at radius 1 is 1.20 bits per heavy atom. The van der Waals surface area contributed by atoms with Gasteiger partial charge in [-0.05, 0) is 32.2 Å². The zero-order chi connectivity index (χ0) is 14.6. The molecule has 0 amide bonds. The number of hydrogen-bond acceptors (Lipinski definition) is 4. The van der Waals surface area contributed by atoms with Gasteiger partial charge < -0.3 is 10.2 Å². The topological polar surface area (TPSA) is 28.2 Å². The maximum atomic E-state index is 4.99. The van der Waals surface area contributed by atoms with Crippen LogP contribution in [0.4, 0.5) is 5.13 Å². The molecule has 1 N–H and O–H groups in total. The molecular weight excluding hydrogens is 266 g/mol. The second-order valence-corrected chi connectivity index (χ2v) is 7.80. The molecule has 0 spiro atoms. The first-order chi connectivity index (χ1) is 9.52. The van der Waals surface area contributed by atoms with Gasteiger partial charge in [0.2, 0.25) is 0 Å². The second-order valence-electron chi connectivity index (χ2n) is 6.74. The highest BCUT2D eigenvalue weighted by Crippen LogP contribution is 2.34. The van der Waals surface area contributed by atoms with Gasteiger partial charge in [-0.3, -0.25) is 0 Å². The summed E-state index contributed by atoms with van der Waals surface area (Å²) < 4.78 is 0. The highest BCUT2D eigenvalue weighted by atomic mass is 32.1. The van der Waals surface area contributed by atoms with Crippen LogP contribution in [0.2, 0.25) is 0 Å². The molecule has 0 aliphatic carbocycles. The molecule has 3 nitrogen and oxygen atoms in total. The Bertz CT molecular complexity index is 414. The molecule has 0 atom stereocenters. The smallest absolute Gasteiger partial charge is 0.185 e. The van der Waals surface area contributed by atoms with E-state index in [-0.39, 0.29) is 5.41 Å². The Morgan fingerprint density at radius 3 is 2.50 bits per heavy atom. The number of rotatable bonds is 5. The molecule has 0 radical (unpaired) electrons. The lowest BCUT2D eigenvalue weighted by Gasteiger charge is -2.26. The summed E-state index contributed by atoms with van der Waals surface area (Å²) in [5.74, 6) is 0. The summed E-state index contributed by atoms with van der Waals surface area (Å²) in [6, 6.07) is 0. The Balaban J connectivity index is 2.17. The van der Waals surface area contributed by atoms with E-state index in [0.29, 0.717) is 0 Å². The first-order valence-corrected chi connectivity index (χ1v) is 8.80. The molecule has 0 bridgehead atoms. The number of thiazole rings is 1. The molecule has 1 fully saturated rings. The fourth-order valence-electron chi connectivity index (χ4n) is 2.64. The van der Waals surface area contributed by atoms with Crippen LogP contribution < -0.4 is 10.2 Å². The minimum absolute atomic E-state index is 0.133. The van der Waals surface area contributed by atoms with Crippen molar-refractivity contribution in [2.45, 2.75) is 65.3 Å². The molecule has 0 unspecified atom stereocenters. The van der Waals surface area contributed by atoms with Crippen molar-refractivity contribution in [2.24, 2.45) is 0 Å². The van der Waals surface area contributed by atoms with E-state index in [1.54, 1.807) is 0 Å². The molecule has 0 aromatic carbocycles. The minimum Gasteiger partial charge on any atom is -0.348 e. The highest BCUT2D eigenvalue weighted by Gasteiger charge is 2.25. The molecule has 1 aromatic rings. The van der Waals surface area contributed by atoms with Crippen molar-refractivity contribution in [2.75, 3.05) is 24.5 Å². The van der Waals surface area contributed by atoms with Gasteiger partial charge in [-0.1, -0.05) is 27.7 Å². The van der Waals surface area contributed by atoms with E-state index in [2.05, 4.69) is 37.9 Å². The largest absolute Gasteiger partial charge is 0.348 e. The quantitative estimate of drug-likeness (QED) is 0.834. The van der Waals surface area contributed by atoms with Crippen molar-refractivity contribution in [3.63, 3.8) is 0 Å². The van der Waals surface area contributed by atoms with Crippen molar-refractivity contribution in [1.29, 1.82) is 0 Å². The number of anilines is 1. The summed E-state index contributed by atoms with van der Waals surface area (Å²) >= 11 is 1.90. The third-order valence-electron chi connectivity index (χ3n) is 3.74. The number of hydrogen-bond donors (Lipinski definition) is 1. The maximum absolute atomic E-state index is 4.99. The zero-order valence-corrected chi connectivity index (χ0v) is 14.3. The normalized spacial score (nSPS) is 16.7. The molecular formula is C16H29N3S. The third-order valence-corrected chi connectivity index (χ3v) is 4.85. The lowest BCUT2D eigenvalue weighted by Crippen LogP contribution is -2.29. The molecule has 2 heterocycles. The van der Waals surface area contributed by atoms with Crippen LogP contribution in [0.1, 0.15) is 63.9 Å². The number of piperidine rings is 1. The molecule has 1 aliphatic rings. The molecule has 2 rings (SSSR count). The van der Waals surface area contributed by atoms with Gasteiger partial charge in [-0.15, -0.1) is 11.3 Å². The van der Waals surface area contributed by atoms with Gasteiger partial charge >= 0.3 is 0 Å². The number of nitrogens with one attached hydrogen (secondary N) is 1. The average molecular weight is 295 g/mol. The van der Waals surface area contributed by atoms with Crippen LogP contribution in [-0.2, 0) is 12.0 Å². The summed E-state index contributed by atoms with van der Waals surface area (Å²) in [7, 11) is 0. The van der Waals surface area contributed by atoms with Gasteiger partial charge in [0.1, 0.15) is 0 Å². The van der Waals surface area contributed by atoms with Crippen LogP contribution in [0.25, 0.3) is 0 Å². The van der Waals surface area contributed by atoms with Crippen molar-refractivity contribution >= 4 is 16.5 Å². The summed E-state index contributed by atoms with van der Waals surface area (Å²) in [6.07, 6.45) is 5.18. The van der Waals surface area contributed by atoms with E-state index in [1.165, 1.54) is 54.5 Å². The van der Waals surface area contributed by atoms with E-state index in [9.17, 15) is 0 Å². The van der Waals surface area contributed by atoms with E-state index >= 15 is 0 Å². The second kappa shape index (κ2) is 6.90. The molecule has 1 aliphatic heterocycles. The first-order valence-electron chi connectivity index (χ1n) is 7.98. The van der Waals surface area contributed by atoms with Crippen LogP contribution in [0, 0.1) is 0 Å². The van der Waals surface area contributed by atoms with Crippen LogP contribution >= 0.6 is 11.3 Å². The monoisotopic (exact) mass is 295 g/mol. The number of nitrogens with zero attached hydrogens (tertiary/aromatic N) is 2. The van der Waals surface area contributed by atoms with Gasteiger partial charge in [0, 0.05) is 29.9 Å². The van der Waals surface area contributed by atoms with Crippen molar-refractivity contribution in [3.05, 3.63) is 10.6 Å². The van der Waals surface area contributed by atoms with Gasteiger partial charge in [-0.25, -0.2) is 4.98 Å². The molecule has 1 aromatic heterocycles. The van der Waals surface area contributed by atoms with Crippen LogP contribution in [0.3, 0.4) is 0 Å². The Morgan fingerprint density at radius 2 is 1.90 bits per heavy atom. The van der Waals surface area contributed by atoms with Crippen molar-refractivity contribution < 1.29 is 0 Å². The predicted molar refractivity (Wildman–Crippen MR) is 88.9 cm³/mol. The van der Waals surface area contributed by atoms with E-state index < -0.39 is 0 Å². The van der Waals surface area contributed by atoms with Crippen molar-refractivity contribution in [3.8, 4) is 0 Å². The maximum Gasteiger partial charge on any atom is 0.185 e. The van der Waals surface area contributed by atoms with Crippen LogP contribution in [-0.4, -0.2) is 24.6 Å². The standard InChI is InChI=1S/C16H29N3S/c1-5-9-17-12-13-14(16(2,3)4)18-15(20-13)19-10-7-6-8-11-19/h17H,5-12H2,1-4H3. The molecule has 0 saturated carbocycles. The van der Waals surface area contributed by atoms with E-state index in [0.717, 1.165) is 13.1 Å². The van der Waals surface area contributed by atoms with Gasteiger partial charge in [0.15, 0.2) is 5.13 Å². The number of aromatic nitrogens is 1. The third kappa shape index (κ3) is 3.95. The molecule has 1 saturated heterocycles. The average Bonchev–Trinajstić information content (AvgIpc) is 2.84. The Hall–Kier alpha value is -0.610. The fourth-order valence-corrected chi connectivity index (χ4v) is 3.94. The summed E-state index contributed by atoms with van der Waals surface area (Å²) in [5, 5.41) is 4.77. The van der Waals surface area contributed by atoms with E-state index in [1.807, 2.05) is 11.3 Å². The lowest BCUT2D eigenvalue weighted by molar-refractivity contribution is 0.551. The molecule has 20 heavy (non-hydrogen) atoms. The first kappa shape index (κ1) is 15.8. The van der Waals surface area contributed by atoms with Crippen molar-refractivity contribution in [1.82, 2.24) is 10.3 Å². The SMILES string of the molecule is CCCNCc1sc(N2CCCCC2)nc1C(C)(C)C. The van der Waals surface area contributed by atoms with Crippen LogP contribution in [0.5, 0.6) is 0 Å². The zero-order valence-electron chi connectivity index (χ0n) is 13.5. The predicted octanol–water partition coefficient (Wildman–Crippen LogP) is 3.93. The van der Waals surface area contributed by atoms with Crippen LogP contribution in [0.15, 0.2) is 0 Å². The summed E-state index contributed by atoms with van der Waals surface area (Å²) in [4.78, 5) is 8.89. The fraction of sp³-hybridized carbons (Fsp3) is 0.812.